The van der Waals surface area contributed by atoms with E-state index in [0.717, 1.165) is 5.56 Å². The molecule has 0 saturated heterocycles. The van der Waals surface area contributed by atoms with Crippen molar-refractivity contribution in [3.8, 4) is 0 Å². The molecular formula is C18H18N2O4. The van der Waals surface area contributed by atoms with Crippen LogP contribution in [0, 0.1) is 0 Å². The van der Waals surface area contributed by atoms with Gasteiger partial charge in [-0.05, 0) is 24.6 Å². The predicted molar refractivity (Wildman–Crippen MR) is 86.7 cm³/mol. The molecule has 6 nitrogen and oxygen atoms in total. The van der Waals surface area contributed by atoms with Crippen LogP contribution < -0.4 is 5.32 Å². The Kier molecular flexibility index (Phi) is 4.37. The number of esters is 1. The van der Waals surface area contributed by atoms with Gasteiger partial charge in [0, 0.05) is 5.70 Å². The van der Waals surface area contributed by atoms with E-state index < -0.39 is 12.0 Å². The topological polar surface area (TPSA) is 71.8 Å². The molecule has 2 aromatic rings. The molecular weight excluding hydrogens is 308 g/mol. The zero-order valence-corrected chi connectivity index (χ0v) is 13.5. The van der Waals surface area contributed by atoms with Crippen LogP contribution in [0.1, 0.15) is 24.3 Å². The van der Waals surface area contributed by atoms with Crippen molar-refractivity contribution in [1.29, 1.82) is 0 Å². The third kappa shape index (κ3) is 2.90. The minimum absolute atomic E-state index is 0.243. The van der Waals surface area contributed by atoms with Gasteiger partial charge in [-0.25, -0.2) is 9.59 Å². The summed E-state index contributed by atoms with van der Waals surface area (Å²) in [5.41, 5.74) is 1.79. The monoisotopic (exact) mass is 326 g/mol. The van der Waals surface area contributed by atoms with Crippen molar-refractivity contribution in [3.63, 3.8) is 0 Å². The van der Waals surface area contributed by atoms with Gasteiger partial charge in [0.05, 0.1) is 31.5 Å². The first-order chi connectivity index (χ1) is 11.6. The summed E-state index contributed by atoms with van der Waals surface area (Å²) in [4.78, 5) is 26.4. The van der Waals surface area contributed by atoms with Crippen LogP contribution in [0.15, 0.2) is 64.4 Å². The van der Waals surface area contributed by atoms with Crippen molar-refractivity contribution in [2.24, 2.45) is 0 Å². The van der Waals surface area contributed by atoms with Crippen molar-refractivity contribution in [3.05, 3.63) is 71.3 Å². The maximum absolute atomic E-state index is 12.6. The molecule has 0 radical (unpaired) electrons. The molecule has 0 spiro atoms. The van der Waals surface area contributed by atoms with Crippen molar-refractivity contribution in [1.82, 2.24) is 10.2 Å². The number of ether oxygens (including phenoxy) is 1. The van der Waals surface area contributed by atoms with E-state index in [-0.39, 0.29) is 12.6 Å². The van der Waals surface area contributed by atoms with E-state index in [9.17, 15) is 9.59 Å². The lowest BCUT2D eigenvalue weighted by Gasteiger charge is -2.34. The van der Waals surface area contributed by atoms with Crippen LogP contribution in [0.3, 0.4) is 0 Å². The lowest BCUT2D eigenvalue weighted by atomic mass is 9.95. The molecule has 1 aliphatic rings. The van der Waals surface area contributed by atoms with E-state index in [4.69, 9.17) is 9.15 Å². The van der Waals surface area contributed by atoms with Gasteiger partial charge < -0.3 is 14.5 Å². The average molecular weight is 326 g/mol. The second-order valence-electron chi connectivity index (χ2n) is 5.45. The highest BCUT2D eigenvalue weighted by atomic mass is 16.5. The summed E-state index contributed by atoms with van der Waals surface area (Å²) >= 11 is 0. The molecule has 6 heteroatoms. The van der Waals surface area contributed by atoms with E-state index in [1.807, 2.05) is 30.3 Å². The normalized spacial score (nSPS) is 17.7. The van der Waals surface area contributed by atoms with Crippen LogP contribution in [0.4, 0.5) is 4.79 Å². The zero-order chi connectivity index (χ0) is 17.1. The van der Waals surface area contributed by atoms with Gasteiger partial charge in [-0.1, -0.05) is 30.3 Å². The molecule has 124 valence electrons. The second kappa shape index (κ2) is 6.62. The number of rotatable bonds is 4. The van der Waals surface area contributed by atoms with Crippen LogP contribution in [-0.4, -0.2) is 24.0 Å². The number of carbonyl (C=O) groups excluding carboxylic acids is 2. The van der Waals surface area contributed by atoms with Crippen LogP contribution in [0.5, 0.6) is 0 Å². The summed E-state index contributed by atoms with van der Waals surface area (Å²) in [5.74, 6) is 0.165. The smallest absolute Gasteiger partial charge is 0.337 e. The molecule has 1 aromatic carbocycles. The number of hydrogen-bond acceptors (Lipinski definition) is 4. The number of carbonyl (C=O) groups is 2. The fourth-order valence-corrected chi connectivity index (χ4v) is 2.80. The van der Waals surface area contributed by atoms with Gasteiger partial charge >= 0.3 is 12.0 Å². The summed E-state index contributed by atoms with van der Waals surface area (Å²) in [6.45, 7) is 1.98. The van der Waals surface area contributed by atoms with E-state index >= 15 is 0 Å². The van der Waals surface area contributed by atoms with Gasteiger partial charge in [0.25, 0.3) is 0 Å². The van der Waals surface area contributed by atoms with Crippen LogP contribution >= 0.6 is 0 Å². The standard InChI is InChI=1S/C18H18N2O4/c1-12-15(17(21)23-2)16(13-7-4-3-5-8-13)19-18(22)20(12)11-14-9-6-10-24-14/h3-10,16H,11H2,1-2H3,(H,19,22)/t16-/m1/s1. The molecule has 0 bridgehead atoms. The molecule has 1 aliphatic heterocycles. The van der Waals surface area contributed by atoms with E-state index in [2.05, 4.69) is 5.32 Å². The zero-order valence-electron chi connectivity index (χ0n) is 13.5. The molecule has 1 N–H and O–H groups in total. The summed E-state index contributed by atoms with van der Waals surface area (Å²) in [7, 11) is 1.33. The quantitative estimate of drug-likeness (QED) is 0.877. The summed E-state index contributed by atoms with van der Waals surface area (Å²) in [6.07, 6.45) is 1.55. The first-order valence-corrected chi connectivity index (χ1v) is 7.56. The largest absolute Gasteiger partial charge is 0.467 e. The summed E-state index contributed by atoms with van der Waals surface area (Å²) < 4.78 is 10.2. The molecule has 0 unspecified atom stereocenters. The number of benzene rings is 1. The van der Waals surface area contributed by atoms with E-state index in [1.54, 1.807) is 25.3 Å². The molecule has 0 saturated carbocycles. The van der Waals surface area contributed by atoms with Gasteiger partial charge in [-0.15, -0.1) is 0 Å². The Hall–Kier alpha value is -3.02. The Morgan fingerprint density at radius 1 is 1.25 bits per heavy atom. The van der Waals surface area contributed by atoms with E-state index in [0.29, 0.717) is 17.0 Å². The molecule has 2 amide bonds. The molecule has 24 heavy (non-hydrogen) atoms. The molecule has 3 rings (SSSR count). The third-order valence-electron chi connectivity index (χ3n) is 4.03. The third-order valence-corrected chi connectivity index (χ3v) is 4.03. The van der Waals surface area contributed by atoms with Gasteiger partial charge in [0.1, 0.15) is 5.76 Å². The van der Waals surface area contributed by atoms with Gasteiger partial charge in [0.15, 0.2) is 0 Å². The Labute approximate surface area is 139 Å². The highest BCUT2D eigenvalue weighted by Crippen LogP contribution is 2.31. The summed E-state index contributed by atoms with van der Waals surface area (Å²) in [6, 6.07) is 12.0. The maximum Gasteiger partial charge on any atom is 0.337 e. The Morgan fingerprint density at radius 3 is 2.62 bits per heavy atom. The van der Waals surface area contributed by atoms with Crippen LogP contribution in [-0.2, 0) is 16.1 Å². The first-order valence-electron chi connectivity index (χ1n) is 7.56. The number of nitrogens with one attached hydrogen (secondary N) is 1. The number of nitrogens with zero attached hydrogens (tertiary/aromatic N) is 1. The minimum Gasteiger partial charge on any atom is -0.467 e. The lowest BCUT2D eigenvalue weighted by Crippen LogP contribution is -2.47. The van der Waals surface area contributed by atoms with E-state index in [1.165, 1.54) is 12.0 Å². The number of amides is 2. The summed E-state index contributed by atoms with van der Waals surface area (Å²) in [5, 5.41) is 2.88. The van der Waals surface area contributed by atoms with Gasteiger partial charge in [0.2, 0.25) is 0 Å². The fourth-order valence-electron chi connectivity index (χ4n) is 2.80. The molecule has 0 aliphatic carbocycles. The van der Waals surface area contributed by atoms with Crippen molar-refractivity contribution in [2.75, 3.05) is 7.11 Å². The van der Waals surface area contributed by atoms with Crippen molar-refractivity contribution >= 4 is 12.0 Å². The van der Waals surface area contributed by atoms with Crippen LogP contribution in [0.2, 0.25) is 0 Å². The fraction of sp³-hybridized carbons (Fsp3) is 0.222. The number of furan rings is 1. The number of urea groups is 1. The first kappa shape index (κ1) is 15.9. The number of allylic oxidation sites excluding steroid dienone is 1. The average Bonchev–Trinajstić information content (AvgIpc) is 3.11. The Bertz CT molecular complexity index is 766. The Balaban J connectivity index is 2.02. The molecule has 1 atom stereocenters. The predicted octanol–water partition coefficient (Wildman–Crippen LogP) is 2.99. The molecule has 2 heterocycles. The van der Waals surface area contributed by atoms with Gasteiger partial charge in [-0.3, -0.25) is 4.90 Å². The second-order valence-corrected chi connectivity index (χ2v) is 5.45. The Morgan fingerprint density at radius 2 is 2.00 bits per heavy atom. The number of hydrogen-bond donors (Lipinski definition) is 1. The SMILES string of the molecule is COC(=O)C1=C(C)N(Cc2ccco2)C(=O)N[C@@H]1c1ccccc1. The van der Waals surface area contributed by atoms with Crippen LogP contribution in [0.25, 0.3) is 0 Å². The van der Waals surface area contributed by atoms with Crippen molar-refractivity contribution < 1.29 is 18.7 Å². The highest BCUT2D eigenvalue weighted by molar-refractivity contribution is 5.94. The highest BCUT2D eigenvalue weighted by Gasteiger charge is 2.36. The van der Waals surface area contributed by atoms with Crippen molar-refractivity contribution in [2.45, 2.75) is 19.5 Å². The molecule has 0 fully saturated rings. The molecule has 1 aromatic heterocycles. The lowest BCUT2D eigenvalue weighted by molar-refractivity contribution is -0.136. The number of methoxy groups -OCH3 is 1. The van der Waals surface area contributed by atoms with Gasteiger partial charge in [-0.2, -0.15) is 0 Å². The maximum atomic E-state index is 12.6. The minimum atomic E-state index is -0.543.